The Hall–Kier alpha value is -1.49. The van der Waals surface area contributed by atoms with E-state index in [0.29, 0.717) is 4.47 Å². The zero-order valence-electron chi connectivity index (χ0n) is 10.4. The van der Waals surface area contributed by atoms with Crippen LogP contribution >= 0.6 is 15.9 Å². The van der Waals surface area contributed by atoms with E-state index in [9.17, 15) is 14.0 Å². The molecule has 3 nitrogen and oxygen atoms in total. The van der Waals surface area contributed by atoms with Gasteiger partial charge in [0.2, 0.25) is 11.8 Å². The third-order valence-electron chi connectivity index (χ3n) is 4.62. The van der Waals surface area contributed by atoms with Gasteiger partial charge in [-0.3, -0.25) is 9.59 Å². The van der Waals surface area contributed by atoms with Crippen molar-refractivity contribution in [3.05, 3.63) is 40.6 Å². The smallest absolute Gasteiger partial charge is 0.238 e. The van der Waals surface area contributed by atoms with Gasteiger partial charge in [0.05, 0.1) is 17.5 Å². The normalized spacial score (nSPS) is 34.2. The third-order valence-corrected chi connectivity index (χ3v) is 5.11. The molecule has 0 unspecified atom stereocenters. The molecule has 1 aliphatic heterocycles. The number of imide groups is 1. The largest absolute Gasteiger partial charge is 0.274 e. The van der Waals surface area contributed by atoms with E-state index in [0.717, 1.165) is 11.3 Å². The second kappa shape index (κ2) is 4.01. The van der Waals surface area contributed by atoms with Gasteiger partial charge in [-0.05, 0) is 36.5 Å². The van der Waals surface area contributed by atoms with Gasteiger partial charge in [-0.2, -0.15) is 0 Å². The van der Waals surface area contributed by atoms with Gasteiger partial charge in [-0.15, -0.1) is 0 Å². The molecule has 1 heterocycles. The number of rotatable bonds is 1. The number of fused-ring (bicyclic) bond motifs is 5. The van der Waals surface area contributed by atoms with Crippen molar-refractivity contribution in [2.45, 2.75) is 6.42 Å². The van der Waals surface area contributed by atoms with Gasteiger partial charge < -0.3 is 0 Å². The molecule has 20 heavy (non-hydrogen) atoms. The number of hydrogen-bond acceptors (Lipinski definition) is 2. The number of nitrogens with zero attached hydrogens (tertiary/aromatic N) is 1. The summed E-state index contributed by atoms with van der Waals surface area (Å²) in [5.41, 5.74) is 0.0667. The third kappa shape index (κ3) is 1.44. The van der Waals surface area contributed by atoms with Crippen molar-refractivity contribution >= 4 is 33.4 Å². The first-order valence-electron chi connectivity index (χ1n) is 6.59. The highest BCUT2D eigenvalue weighted by Gasteiger charge is 2.59. The maximum absolute atomic E-state index is 14.0. The van der Waals surface area contributed by atoms with Gasteiger partial charge in [-0.25, -0.2) is 9.29 Å². The van der Waals surface area contributed by atoms with Gasteiger partial charge in [0, 0.05) is 4.47 Å². The summed E-state index contributed by atoms with van der Waals surface area (Å²) < 4.78 is 14.6. The molecule has 102 valence electrons. The van der Waals surface area contributed by atoms with Crippen LogP contribution < -0.4 is 4.90 Å². The topological polar surface area (TPSA) is 37.4 Å². The molecule has 2 aliphatic carbocycles. The van der Waals surface area contributed by atoms with E-state index >= 15 is 0 Å². The molecule has 5 heteroatoms. The Morgan fingerprint density at radius 3 is 2.25 bits per heavy atom. The Morgan fingerprint density at radius 1 is 1.10 bits per heavy atom. The van der Waals surface area contributed by atoms with Crippen LogP contribution in [0.15, 0.2) is 34.8 Å². The van der Waals surface area contributed by atoms with E-state index in [1.54, 1.807) is 6.07 Å². The molecule has 0 N–H and O–H groups in total. The van der Waals surface area contributed by atoms with Crippen LogP contribution in [0.5, 0.6) is 0 Å². The molecule has 4 atom stereocenters. The Kier molecular flexibility index (Phi) is 2.46. The minimum atomic E-state index is -0.554. The second-order valence-corrected chi connectivity index (χ2v) is 6.52. The molecule has 3 aliphatic rings. The SMILES string of the molecule is O=C1[C@@H]2[C@@H](C(=O)N1c1ccc(Br)cc1F)[C@H]1C=C[C@@H]2C1. The maximum Gasteiger partial charge on any atom is 0.238 e. The molecule has 4 rings (SSSR count). The average molecular weight is 336 g/mol. The number of benzene rings is 1. The number of allylic oxidation sites excluding steroid dienone is 2. The average Bonchev–Trinajstić information content (AvgIpc) is 3.06. The van der Waals surface area contributed by atoms with Crippen molar-refractivity contribution in [1.29, 1.82) is 0 Å². The summed E-state index contributed by atoms with van der Waals surface area (Å²) in [6.07, 6.45) is 4.93. The van der Waals surface area contributed by atoms with E-state index in [2.05, 4.69) is 15.9 Å². The summed E-state index contributed by atoms with van der Waals surface area (Å²) in [6.45, 7) is 0. The molecule has 2 bridgehead atoms. The summed E-state index contributed by atoms with van der Waals surface area (Å²) in [5.74, 6) is -1.35. The predicted molar refractivity (Wildman–Crippen MR) is 74.3 cm³/mol. The number of hydrogen-bond donors (Lipinski definition) is 0. The Labute approximate surface area is 123 Å². The number of halogens is 2. The monoisotopic (exact) mass is 335 g/mol. The van der Waals surface area contributed by atoms with Crippen molar-refractivity contribution in [3.8, 4) is 0 Å². The summed E-state index contributed by atoms with van der Waals surface area (Å²) in [6, 6.07) is 4.39. The van der Waals surface area contributed by atoms with Gasteiger partial charge in [0.1, 0.15) is 5.82 Å². The lowest BCUT2D eigenvalue weighted by atomic mass is 9.85. The highest BCUT2D eigenvalue weighted by Crippen LogP contribution is 2.53. The zero-order valence-corrected chi connectivity index (χ0v) is 12.0. The minimum absolute atomic E-state index is 0.0667. The fourth-order valence-electron chi connectivity index (χ4n) is 3.80. The van der Waals surface area contributed by atoms with Gasteiger partial charge in [0.15, 0.2) is 0 Å². The van der Waals surface area contributed by atoms with Crippen LogP contribution in [0.3, 0.4) is 0 Å². The molecule has 0 radical (unpaired) electrons. The molecule has 0 aromatic heterocycles. The first-order valence-corrected chi connectivity index (χ1v) is 7.38. The number of anilines is 1. The lowest BCUT2D eigenvalue weighted by molar-refractivity contribution is -0.123. The molecule has 1 aromatic carbocycles. The number of carbonyl (C=O) groups excluding carboxylic acids is 2. The quantitative estimate of drug-likeness (QED) is 0.584. The molecule has 1 saturated heterocycles. The van der Waals surface area contributed by atoms with Crippen LogP contribution in [0.25, 0.3) is 0 Å². The van der Waals surface area contributed by atoms with Gasteiger partial charge >= 0.3 is 0 Å². The molecule has 2 fully saturated rings. The summed E-state index contributed by atoms with van der Waals surface area (Å²) in [5, 5.41) is 0. The van der Waals surface area contributed by atoms with E-state index in [-0.39, 0.29) is 41.2 Å². The highest BCUT2D eigenvalue weighted by atomic mass is 79.9. The zero-order chi connectivity index (χ0) is 14.0. The van der Waals surface area contributed by atoms with Crippen LogP contribution in [0, 0.1) is 29.5 Å². The summed E-state index contributed by atoms with van der Waals surface area (Å²) >= 11 is 3.17. The molecule has 2 amide bonds. The van der Waals surface area contributed by atoms with Gasteiger partial charge in [0.25, 0.3) is 0 Å². The van der Waals surface area contributed by atoms with Gasteiger partial charge in [-0.1, -0.05) is 28.1 Å². The lowest BCUT2D eigenvalue weighted by Crippen LogP contribution is -2.33. The van der Waals surface area contributed by atoms with Crippen molar-refractivity contribution < 1.29 is 14.0 Å². The van der Waals surface area contributed by atoms with Crippen LogP contribution in [-0.4, -0.2) is 11.8 Å². The summed E-state index contributed by atoms with van der Waals surface area (Å²) in [7, 11) is 0. The van der Waals surface area contributed by atoms with Crippen molar-refractivity contribution in [1.82, 2.24) is 0 Å². The molecular weight excluding hydrogens is 325 g/mol. The second-order valence-electron chi connectivity index (χ2n) is 5.61. The Morgan fingerprint density at radius 2 is 1.70 bits per heavy atom. The number of carbonyl (C=O) groups is 2. The standard InChI is InChI=1S/C15H11BrFNO2/c16-9-3-4-11(10(17)6-9)18-14(19)12-7-1-2-8(5-7)13(12)15(18)20/h1-4,6-8,12-13H,5H2/t7-,8+,12-,13-/m0/s1. The first-order chi connectivity index (χ1) is 9.58. The van der Waals surface area contributed by atoms with E-state index in [4.69, 9.17) is 0 Å². The Bertz CT molecular complexity index is 642. The molecule has 1 aromatic rings. The van der Waals surface area contributed by atoms with Crippen LogP contribution in [-0.2, 0) is 9.59 Å². The highest BCUT2D eigenvalue weighted by molar-refractivity contribution is 9.10. The van der Waals surface area contributed by atoms with Crippen LogP contribution in [0.1, 0.15) is 6.42 Å². The fourth-order valence-corrected chi connectivity index (χ4v) is 4.14. The van der Waals surface area contributed by atoms with E-state index in [1.807, 2.05) is 12.2 Å². The van der Waals surface area contributed by atoms with Crippen molar-refractivity contribution in [2.24, 2.45) is 23.7 Å². The maximum atomic E-state index is 14.0. The summed E-state index contributed by atoms with van der Waals surface area (Å²) in [4.78, 5) is 26.1. The fraction of sp³-hybridized carbons (Fsp3) is 0.333. The van der Waals surface area contributed by atoms with Crippen molar-refractivity contribution in [2.75, 3.05) is 4.90 Å². The molecule has 1 saturated carbocycles. The molecular formula is C15H11BrFNO2. The lowest BCUT2D eigenvalue weighted by Gasteiger charge is -2.18. The van der Waals surface area contributed by atoms with Crippen LogP contribution in [0.4, 0.5) is 10.1 Å². The Balaban J connectivity index is 1.78. The van der Waals surface area contributed by atoms with Crippen LogP contribution in [0.2, 0.25) is 0 Å². The molecule has 0 spiro atoms. The van der Waals surface area contributed by atoms with Crippen molar-refractivity contribution in [3.63, 3.8) is 0 Å². The van der Waals surface area contributed by atoms with E-state index < -0.39 is 5.82 Å². The first kappa shape index (κ1) is 12.3. The van der Waals surface area contributed by atoms with E-state index in [1.165, 1.54) is 12.1 Å². The number of amides is 2. The minimum Gasteiger partial charge on any atom is -0.274 e. The predicted octanol–water partition coefficient (Wildman–Crippen LogP) is 2.90.